The van der Waals surface area contributed by atoms with E-state index in [4.69, 9.17) is 0 Å². The summed E-state index contributed by atoms with van der Waals surface area (Å²) in [6.07, 6.45) is 0.247. The summed E-state index contributed by atoms with van der Waals surface area (Å²) in [7, 11) is 0. The van der Waals surface area contributed by atoms with Crippen LogP contribution >= 0.6 is 0 Å². The van der Waals surface area contributed by atoms with Crippen LogP contribution in [0.3, 0.4) is 0 Å². The molecule has 4 heteroatoms. The van der Waals surface area contributed by atoms with Gasteiger partial charge in [-0.3, -0.25) is 4.79 Å². The van der Waals surface area contributed by atoms with Crippen molar-refractivity contribution in [2.45, 2.75) is 25.6 Å². The summed E-state index contributed by atoms with van der Waals surface area (Å²) in [5.41, 5.74) is 2.91. The molecule has 1 unspecified atom stereocenters. The predicted octanol–water partition coefficient (Wildman–Crippen LogP) is 3.93. The Hall–Kier alpha value is -3.11. The van der Waals surface area contributed by atoms with Gasteiger partial charge in [-0.1, -0.05) is 78.9 Å². The average molecular weight is 360 g/mol. The smallest absolute Gasteiger partial charge is 0.222 e. The molecule has 0 heterocycles. The first kappa shape index (κ1) is 18.7. The minimum Gasteiger partial charge on any atom is -0.508 e. The summed E-state index contributed by atoms with van der Waals surface area (Å²) in [4.78, 5) is 12.5. The third-order valence-electron chi connectivity index (χ3n) is 4.43. The van der Waals surface area contributed by atoms with Crippen LogP contribution < -0.4 is 10.6 Å². The highest BCUT2D eigenvalue weighted by atomic mass is 16.3. The summed E-state index contributed by atoms with van der Waals surface area (Å²) in [6.45, 7) is 1.11. The van der Waals surface area contributed by atoms with Gasteiger partial charge in [0.15, 0.2) is 0 Å². The fourth-order valence-electron chi connectivity index (χ4n) is 2.97. The van der Waals surface area contributed by atoms with Crippen LogP contribution in [0.5, 0.6) is 5.75 Å². The van der Waals surface area contributed by atoms with Gasteiger partial charge in [0.25, 0.3) is 0 Å². The summed E-state index contributed by atoms with van der Waals surface area (Å²) >= 11 is 0. The summed E-state index contributed by atoms with van der Waals surface area (Å²) in [6, 6.07) is 26.7. The summed E-state index contributed by atoms with van der Waals surface area (Å²) < 4.78 is 0. The van der Waals surface area contributed by atoms with Crippen molar-refractivity contribution in [2.75, 3.05) is 0 Å². The van der Waals surface area contributed by atoms with E-state index >= 15 is 0 Å². The number of hydrogen-bond acceptors (Lipinski definition) is 3. The van der Waals surface area contributed by atoms with E-state index in [1.165, 1.54) is 0 Å². The largest absolute Gasteiger partial charge is 0.508 e. The minimum absolute atomic E-state index is 0.0623. The van der Waals surface area contributed by atoms with Gasteiger partial charge in [-0.2, -0.15) is 0 Å². The number of nitrogens with one attached hydrogen (secondary N) is 2. The van der Waals surface area contributed by atoms with Crippen molar-refractivity contribution in [3.63, 3.8) is 0 Å². The molecule has 0 aliphatic carbocycles. The predicted molar refractivity (Wildman–Crippen MR) is 107 cm³/mol. The normalized spacial score (nSPS) is 11.7. The lowest BCUT2D eigenvalue weighted by Gasteiger charge is -2.20. The van der Waals surface area contributed by atoms with Crippen LogP contribution in [0.2, 0.25) is 0 Å². The van der Waals surface area contributed by atoms with Gasteiger partial charge in [-0.25, -0.2) is 0 Å². The number of amides is 1. The third kappa shape index (κ3) is 5.69. The molecule has 0 aliphatic rings. The number of phenolic OH excluding ortho intramolecular Hbond substituents is 1. The highest BCUT2D eigenvalue weighted by Gasteiger charge is 2.18. The summed E-state index contributed by atoms with van der Waals surface area (Å²) in [5, 5.41) is 16.6. The second-order valence-electron chi connectivity index (χ2n) is 6.44. The van der Waals surface area contributed by atoms with E-state index in [1.54, 1.807) is 12.1 Å². The molecule has 0 aromatic heterocycles. The number of benzene rings is 3. The first-order valence-electron chi connectivity index (χ1n) is 9.08. The van der Waals surface area contributed by atoms with E-state index in [0.29, 0.717) is 13.1 Å². The van der Waals surface area contributed by atoms with Crippen molar-refractivity contribution in [1.82, 2.24) is 10.6 Å². The molecule has 0 bridgehead atoms. The maximum absolute atomic E-state index is 12.5. The molecule has 3 aromatic rings. The molecular formula is C23H24N2O2. The second-order valence-corrected chi connectivity index (χ2v) is 6.44. The quantitative estimate of drug-likeness (QED) is 0.570. The van der Waals surface area contributed by atoms with Crippen molar-refractivity contribution < 1.29 is 9.90 Å². The van der Waals surface area contributed by atoms with Crippen LogP contribution in [-0.4, -0.2) is 11.0 Å². The van der Waals surface area contributed by atoms with E-state index in [9.17, 15) is 9.90 Å². The second kappa shape index (κ2) is 9.55. The lowest BCUT2D eigenvalue weighted by Crippen LogP contribution is -2.30. The highest BCUT2D eigenvalue weighted by Crippen LogP contribution is 2.26. The third-order valence-corrected chi connectivity index (χ3v) is 4.43. The fraction of sp³-hybridized carbons (Fsp3) is 0.174. The molecule has 0 spiro atoms. The first-order valence-corrected chi connectivity index (χ1v) is 9.08. The van der Waals surface area contributed by atoms with E-state index in [0.717, 1.165) is 16.7 Å². The van der Waals surface area contributed by atoms with E-state index in [2.05, 4.69) is 10.6 Å². The number of rotatable bonds is 8. The number of hydrogen-bond donors (Lipinski definition) is 3. The Morgan fingerprint density at radius 2 is 1.33 bits per heavy atom. The number of aromatic hydroxyl groups is 1. The SMILES string of the molecule is O=C(CC(NCc1ccccc1)c1ccccc1O)NCc1ccccc1. The Kier molecular flexibility index (Phi) is 6.61. The topological polar surface area (TPSA) is 61.4 Å². The number of para-hydroxylation sites is 1. The van der Waals surface area contributed by atoms with Crippen LogP contribution in [0.1, 0.15) is 29.2 Å². The molecule has 0 saturated carbocycles. The Bertz CT molecular complexity index is 851. The van der Waals surface area contributed by atoms with Gasteiger partial charge < -0.3 is 15.7 Å². The molecule has 3 aromatic carbocycles. The minimum atomic E-state index is -0.276. The number of carbonyl (C=O) groups is 1. The van der Waals surface area contributed by atoms with Gasteiger partial charge in [0, 0.05) is 31.1 Å². The Morgan fingerprint density at radius 3 is 1.96 bits per heavy atom. The van der Waals surface area contributed by atoms with Crippen LogP contribution in [0.4, 0.5) is 0 Å². The fourth-order valence-corrected chi connectivity index (χ4v) is 2.97. The van der Waals surface area contributed by atoms with Crippen molar-refractivity contribution in [3.05, 3.63) is 102 Å². The molecule has 138 valence electrons. The van der Waals surface area contributed by atoms with Crippen molar-refractivity contribution >= 4 is 5.91 Å². The lowest BCUT2D eigenvalue weighted by atomic mass is 10.0. The molecule has 4 nitrogen and oxygen atoms in total. The van der Waals surface area contributed by atoms with Crippen LogP contribution in [0, 0.1) is 0 Å². The van der Waals surface area contributed by atoms with E-state index in [-0.39, 0.29) is 24.1 Å². The molecule has 1 atom stereocenters. The van der Waals surface area contributed by atoms with Crippen LogP contribution in [0.25, 0.3) is 0 Å². The zero-order chi connectivity index (χ0) is 18.9. The van der Waals surface area contributed by atoms with E-state index < -0.39 is 0 Å². The molecule has 0 saturated heterocycles. The summed E-state index contributed by atoms with van der Waals surface area (Å²) in [5.74, 6) is 0.131. The van der Waals surface area contributed by atoms with Crippen molar-refractivity contribution in [2.24, 2.45) is 0 Å². The van der Waals surface area contributed by atoms with Crippen LogP contribution in [-0.2, 0) is 17.9 Å². The molecule has 0 fully saturated rings. The Balaban J connectivity index is 1.65. The highest BCUT2D eigenvalue weighted by molar-refractivity contribution is 5.77. The monoisotopic (exact) mass is 360 g/mol. The number of carbonyl (C=O) groups excluding carboxylic acids is 1. The maximum Gasteiger partial charge on any atom is 0.222 e. The van der Waals surface area contributed by atoms with Crippen LogP contribution in [0.15, 0.2) is 84.9 Å². The molecule has 3 N–H and O–H groups in total. The van der Waals surface area contributed by atoms with Gasteiger partial charge in [0.05, 0.1) is 0 Å². The molecule has 3 rings (SSSR count). The lowest BCUT2D eigenvalue weighted by molar-refractivity contribution is -0.121. The average Bonchev–Trinajstić information content (AvgIpc) is 2.72. The zero-order valence-electron chi connectivity index (χ0n) is 15.1. The maximum atomic E-state index is 12.5. The first-order chi connectivity index (χ1) is 13.2. The van der Waals surface area contributed by atoms with Gasteiger partial charge >= 0.3 is 0 Å². The Labute approximate surface area is 159 Å². The van der Waals surface area contributed by atoms with E-state index in [1.807, 2.05) is 72.8 Å². The van der Waals surface area contributed by atoms with Gasteiger partial charge in [0.1, 0.15) is 5.75 Å². The number of phenols is 1. The zero-order valence-corrected chi connectivity index (χ0v) is 15.1. The molecule has 0 radical (unpaired) electrons. The molecule has 27 heavy (non-hydrogen) atoms. The molecular weight excluding hydrogens is 336 g/mol. The van der Waals surface area contributed by atoms with Gasteiger partial charge in [0.2, 0.25) is 5.91 Å². The van der Waals surface area contributed by atoms with Gasteiger partial charge in [-0.15, -0.1) is 0 Å². The van der Waals surface area contributed by atoms with Crippen molar-refractivity contribution in [3.8, 4) is 5.75 Å². The van der Waals surface area contributed by atoms with Gasteiger partial charge in [-0.05, 0) is 17.2 Å². The molecule has 0 aliphatic heterocycles. The Morgan fingerprint density at radius 1 is 0.778 bits per heavy atom. The standard InChI is InChI=1S/C23H24N2O2/c26-22-14-8-7-13-20(22)21(24-16-18-9-3-1-4-10-18)15-23(27)25-17-19-11-5-2-6-12-19/h1-14,21,24,26H,15-17H2,(H,25,27). The molecule has 1 amide bonds. The van der Waals surface area contributed by atoms with Crippen molar-refractivity contribution in [1.29, 1.82) is 0 Å².